The molecule has 0 amide bonds. The minimum absolute atomic E-state index is 0.00828. The summed E-state index contributed by atoms with van der Waals surface area (Å²) in [6.45, 7) is 0. The first-order chi connectivity index (χ1) is 8.06. The zero-order chi connectivity index (χ0) is 12.4. The van der Waals surface area contributed by atoms with Crippen molar-refractivity contribution in [2.24, 2.45) is 0 Å². The summed E-state index contributed by atoms with van der Waals surface area (Å²) in [5.41, 5.74) is 1.03. The Morgan fingerprint density at radius 1 is 1.47 bits per heavy atom. The molecule has 0 aliphatic rings. The summed E-state index contributed by atoms with van der Waals surface area (Å²) < 4.78 is 5.41. The second kappa shape index (κ2) is 4.25. The third-order valence-corrected chi connectivity index (χ3v) is 2.11. The number of fused-ring (bicyclic) bond motifs is 1. The van der Waals surface area contributed by atoms with E-state index < -0.39 is 4.92 Å². The summed E-state index contributed by atoms with van der Waals surface area (Å²) in [5.74, 6) is 0.425. The molecule has 0 spiro atoms. The van der Waals surface area contributed by atoms with Crippen molar-refractivity contribution in [2.45, 2.75) is 0 Å². The van der Waals surface area contributed by atoms with E-state index in [1.807, 2.05) is 19.0 Å². The van der Waals surface area contributed by atoms with Crippen molar-refractivity contribution >= 4 is 22.9 Å². The third-order valence-electron chi connectivity index (χ3n) is 2.11. The minimum atomic E-state index is -0.455. The van der Waals surface area contributed by atoms with Crippen molar-refractivity contribution in [1.82, 2.24) is 9.88 Å². The minimum Gasteiger partial charge on any atom is -0.437 e. The number of benzene rings is 1. The zero-order valence-corrected chi connectivity index (χ0v) is 9.45. The van der Waals surface area contributed by atoms with Crippen LogP contribution in [0.2, 0.25) is 0 Å². The summed E-state index contributed by atoms with van der Waals surface area (Å²) in [7, 11) is 3.76. The van der Waals surface area contributed by atoms with E-state index in [0.29, 0.717) is 17.0 Å². The monoisotopic (exact) mass is 233 g/mol. The van der Waals surface area contributed by atoms with Crippen molar-refractivity contribution in [3.8, 4) is 0 Å². The Kier molecular flexibility index (Phi) is 2.78. The number of aromatic nitrogens is 1. The highest BCUT2D eigenvalue weighted by atomic mass is 16.6. The molecule has 2 aromatic rings. The Morgan fingerprint density at radius 3 is 2.88 bits per heavy atom. The molecule has 88 valence electrons. The van der Waals surface area contributed by atoms with E-state index in [1.165, 1.54) is 12.1 Å². The maximum absolute atomic E-state index is 10.6. The molecule has 0 atom stereocenters. The van der Waals surface area contributed by atoms with Crippen LogP contribution in [0.1, 0.15) is 5.89 Å². The number of nitro groups is 1. The van der Waals surface area contributed by atoms with Crippen LogP contribution in [-0.2, 0) is 0 Å². The average Bonchev–Trinajstić information content (AvgIpc) is 2.67. The van der Waals surface area contributed by atoms with Gasteiger partial charge in [0.2, 0.25) is 5.89 Å². The van der Waals surface area contributed by atoms with Crippen molar-refractivity contribution in [1.29, 1.82) is 0 Å². The van der Waals surface area contributed by atoms with Gasteiger partial charge in [-0.15, -0.1) is 0 Å². The number of non-ortho nitro benzene ring substituents is 1. The molecular formula is C11H11N3O3. The lowest BCUT2D eigenvalue weighted by Crippen LogP contribution is -1.99. The second-order valence-corrected chi connectivity index (χ2v) is 3.74. The quantitative estimate of drug-likeness (QED) is 0.600. The summed E-state index contributed by atoms with van der Waals surface area (Å²) in [6.07, 6.45) is 3.49. The maximum atomic E-state index is 10.6. The van der Waals surface area contributed by atoms with Gasteiger partial charge in [0.05, 0.1) is 4.92 Å². The van der Waals surface area contributed by atoms with E-state index in [1.54, 1.807) is 18.3 Å². The lowest BCUT2D eigenvalue weighted by Gasteiger charge is -2.00. The SMILES string of the molecule is CN(C)C=Cc1nc2cc([N+](=O)[O-])ccc2o1. The molecule has 0 unspecified atom stereocenters. The van der Waals surface area contributed by atoms with Gasteiger partial charge in [0.15, 0.2) is 5.58 Å². The van der Waals surface area contributed by atoms with Crippen LogP contribution < -0.4 is 0 Å². The topological polar surface area (TPSA) is 72.4 Å². The van der Waals surface area contributed by atoms with Gasteiger partial charge in [0.25, 0.3) is 5.69 Å². The first-order valence-electron chi connectivity index (χ1n) is 4.96. The van der Waals surface area contributed by atoms with E-state index in [9.17, 15) is 10.1 Å². The van der Waals surface area contributed by atoms with Crippen LogP contribution in [0.4, 0.5) is 5.69 Å². The average molecular weight is 233 g/mol. The molecule has 2 rings (SSSR count). The molecule has 0 saturated heterocycles. The first-order valence-corrected chi connectivity index (χ1v) is 4.96. The number of hydrogen-bond donors (Lipinski definition) is 0. The smallest absolute Gasteiger partial charge is 0.271 e. The van der Waals surface area contributed by atoms with Gasteiger partial charge < -0.3 is 9.32 Å². The highest BCUT2D eigenvalue weighted by molar-refractivity contribution is 5.76. The molecular weight excluding hydrogens is 222 g/mol. The Morgan fingerprint density at radius 2 is 2.24 bits per heavy atom. The van der Waals surface area contributed by atoms with Crippen LogP contribution in [0.3, 0.4) is 0 Å². The van der Waals surface area contributed by atoms with Gasteiger partial charge in [-0.25, -0.2) is 4.98 Å². The molecule has 1 aromatic heterocycles. The molecule has 0 fully saturated rings. The summed E-state index contributed by atoms with van der Waals surface area (Å²) in [5, 5.41) is 10.6. The van der Waals surface area contributed by atoms with Crippen molar-refractivity contribution in [3.05, 3.63) is 40.4 Å². The number of rotatable bonds is 3. The number of hydrogen-bond acceptors (Lipinski definition) is 5. The molecule has 0 bridgehead atoms. The van der Waals surface area contributed by atoms with Crippen LogP contribution >= 0.6 is 0 Å². The predicted octanol–water partition coefficient (Wildman–Crippen LogP) is 2.27. The van der Waals surface area contributed by atoms with Gasteiger partial charge in [-0.05, 0) is 6.07 Å². The van der Waals surface area contributed by atoms with Crippen LogP contribution in [0.25, 0.3) is 17.2 Å². The number of nitro benzene ring substituents is 1. The van der Waals surface area contributed by atoms with Crippen LogP contribution in [0.5, 0.6) is 0 Å². The summed E-state index contributed by atoms with van der Waals surface area (Å²) >= 11 is 0. The molecule has 0 saturated carbocycles. The van der Waals surface area contributed by atoms with E-state index >= 15 is 0 Å². The Balaban J connectivity index is 2.40. The molecule has 6 heteroatoms. The lowest BCUT2D eigenvalue weighted by atomic mass is 10.3. The van der Waals surface area contributed by atoms with Gasteiger partial charge in [-0.3, -0.25) is 10.1 Å². The van der Waals surface area contributed by atoms with Crippen molar-refractivity contribution < 1.29 is 9.34 Å². The molecule has 0 N–H and O–H groups in total. The fourth-order valence-electron chi connectivity index (χ4n) is 1.33. The molecule has 0 aliphatic carbocycles. The Labute approximate surface area is 97.3 Å². The van der Waals surface area contributed by atoms with E-state index in [4.69, 9.17) is 4.42 Å². The van der Waals surface area contributed by atoms with Gasteiger partial charge >= 0.3 is 0 Å². The predicted molar refractivity (Wildman–Crippen MR) is 63.4 cm³/mol. The lowest BCUT2D eigenvalue weighted by molar-refractivity contribution is -0.384. The maximum Gasteiger partial charge on any atom is 0.271 e. The van der Waals surface area contributed by atoms with Gasteiger partial charge in [-0.1, -0.05) is 0 Å². The third kappa shape index (κ3) is 2.41. The Hall–Kier alpha value is -2.37. The van der Waals surface area contributed by atoms with Crippen molar-refractivity contribution in [2.75, 3.05) is 14.1 Å². The summed E-state index contributed by atoms with van der Waals surface area (Å²) in [4.78, 5) is 16.1. The van der Waals surface area contributed by atoms with Crippen LogP contribution in [0, 0.1) is 10.1 Å². The fourth-order valence-corrected chi connectivity index (χ4v) is 1.33. The zero-order valence-electron chi connectivity index (χ0n) is 9.45. The molecule has 0 aliphatic heterocycles. The molecule has 0 radical (unpaired) electrons. The second-order valence-electron chi connectivity index (χ2n) is 3.74. The number of nitrogens with zero attached hydrogens (tertiary/aromatic N) is 3. The molecule has 1 aromatic carbocycles. The Bertz CT molecular complexity index is 587. The summed E-state index contributed by atoms with van der Waals surface area (Å²) in [6, 6.07) is 4.34. The highest BCUT2D eigenvalue weighted by Gasteiger charge is 2.10. The first kappa shape index (κ1) is 11.1. The normalized spacial score (nSPS) is 11.2. The van der Waals surface area contributed by atoms with E-state index in [-0.39, 0.29) is 5.69 Å². The van der Waals surface area contributed by atoms with Crippen LogP contribution in [-0.4, -0.2) is 28.9 Å². The van der Waals surface area contributed by atoms with E-state index in [0.717, 1.165) is 0 Å². The van der Waals surface area contributed by atoms with Gasteiger partial charge in [0.1, 0.15) is 5.52 Å². The van der Waals surface area contributed by atoms with Gasteiger partial charge in [-0.2, -0.15) is 0 Å². The van der Waals surface area contributed by atoms with Gasteiger partial charge in [0, 0.05) is 38.5 Å². The van der Waals surface area contributed by atoms with E-state index in [2.05, 4.69) is 4.98 Å². The molecule has 6 nitrogen and oxygen atoms in total. The number of oxazole rings is 1. The van der Waals surface area contributed by atoms with Crippen LogP contribution in [0.15, 0.2) is 28.8 Å². The van der Waals surface area contributed by atoms with Crippen molar-refractivity contribution in [3.63, 3.8) is 0 Å². The fraction of sp³-hybridized carbons (Fsp3) is 0.182. The highest BCUT2D eigenvalue weighted by Crippen LogP contribution is 2.21. The molecule has 1 heterocycles. The standard InChI is InChI=1S/C11H11N3O3/c1-13(2)6-5-11-12-9-7-8(14(15)16)3-4-10(9)17-11/h3-7H,1-2H3. The molecule has 17 heavy (non-hydrogen) atoms. The largest absolute Gasteiger partial charge is 0.437 e.